The molecule has 0 aliphatic heterocycles. The zero-order chi connectivity index (χ0) is 21.8. The molecule has 0 fully saturated rings. The molecule has 0 saturated carbocycles. The lowest BCUT2D eigenvalue weighted by atomic mass is 9.94. The second-order valence-electron chi connectivity index (χ2n) is 7.94. The monoisotopic (exact) mass is 445 g/mol. The maximum atomic E-state index is 6.31. The van der Waals surface area contributed by atoms with Crippen molar-refractivity contribution in [2.45, 2.75) is 26.7 Å². The van der Waals surface area contributed by atoms with Crippen molar-refractivity contribution < 1.29 is 0 Å². The van der Waals surface area contributed by atoms with Crippen LogP contribution in [0.2, 0.25) is 5.02 Å². The molecule has 0 bridgehead atoms. The van der Waals surface area contributed by atoms with E-state index >= 15 is 0 Å². The average molecular weight is 446 g/mol. The number of halogens is 1. The number of fused-ring (bicyclic) bond motifs is 1. The van der Waals surface area contributed by atoms with Crippen LogP contribution in [0.15, 0.2) is 73.3 Å². The van der Waals surface area contributed by atoms with E-state index < -0.39 is 0 Å². The van der Waals surface area contributed by atoms with E-state index in [-0.39, 0.29) is 0 Å². The molecule has 3 heteroatoms. The molecule has 3 aromatic carbocycles. The first-order valence-electron chi connectivity index (χ1n) is 10.8. The first kappa shape index (κ1) is 21.8. The summed E-state index contributed by atoms with van der Waals surface area (Å²) in [5, 5.41) is 5.46. The van der Waals surface area contributed by atoms with Gasteiger partial charge in [0.1, 0.15) is 0 Å². The van der Waals surface area contributed by atoms with Crippen LogP contribution in [0.1, 0.15) is 39.6 Å². The highest BCUT2D eigenvalue weighted by Crippen LogP contribution is 2.40. The van der Waals surface area contributed by atoms with Gasteiger partial charge >= 0.3 is 0 Å². The van der Waals surface area contributed by atoms with Crippen LogP contribution >= 0.6 is 22.9 Å². The predicted octanol–water partition coefficient (Wildman–Crippen LogP) is 7.67. The molecule has 1 heterocycles. The van der Waals surface area contributed by atoms with Gasteiger partial charge in [0.15, 0.2) is 0 Å². The lowest BCUT2D eigenvalue weighted by Crippen LogP contribution is -2.15. The Morgan fingerprint density at radius 1 is 1.00 bits per heavy atom. The predicted molar refractivity (Wildman–Crippen MR) is 138 cm³/mol. The summed E-state index contributed by atoms with van der Waals surface area (Å²) in [7, 11) is 0. The average Bonchev–Trinajstić information content (AvgIpc) is 3.15. The van der Waals surface area contributed by atoms with E-state index in [2.05, 4.69) is 80.3 Å². The Morgan fingerprint density at radius 2 is 1.74 bits per heavy atom. The van der Waals surface area contributed by atoms with Crippen molar-refractivity contribution in [3.63, 3.8) is 0 Å². The van der Waals surface area contributed by atoms with E-state index in [1.165, 1.54) is 37.2 Å². The van der Waals surface area contributed by atoms with Crippen molar-refractivity contribution in [3.05, 3.63) is 111 Å². The zero-order valence-corrected chi connectivity index (χ0v) is 19.7. The smallest absolute Gasteiger partial charge is 0.0412 e. The van der Waals surface area contributed by atoms with Gasteiger partial charge < -0.3 is 5.32 Å². The molecule has 0 radical (unpaired) electrons. The summed E-state index contributed by atoms with van der Waals surface area (Å²) < 4.78 is 1.30. The number of benzene rings is 3. The zero-order valence-electron chi connectivity index (χ0n) is 18.2. The molecule has 31 heavy (non-hydrogen) atoms. The number of nitrogens with one attached hydrogen (secondary N) is 1. The van der Waals surface area contributed by atoms with Crippen molar-refractivity contribution >= 4 is 38.6 Å². The Labute approximate surface area is 194 Å². The summed E-state index contributed by atoms with van der Waals surface area (Å²) in [6.45, 7) is 10.8. The standard InChI is InChI=1S/C28H28ClNS/c1-4-30-16-15-21-10-12-22(13-11-21)17-26-24-7-5-6-8-27(24)31-28(26)20(3)25-18-23(29)14-9-19(25)2/h5-14,18,30H,3-4,15-17H2,1-2H3. The molecule has 1 aromatic heterocycles. The van der Waals surface area contributed by atoms with Crippen LogP contribution in [0.25, 0.3) is 15.7 Å². The van der Waals surface area contributed by atoms with Crippen LogP contribution in [0, 0.1) is 6.92 Å². The second-order valence-corrected chi connectivity index (χ2v) is 9.43. The SMILES string of the molecule is C=C(c1cc(Cl)ccc1C)c1sc2ccccc2c1Cc1ccc(CCNCC)cc1. The fraction of sp³-hybridized carbons (Fsp3) is 0.214. The third-order valence-electron chi connectivity index (χ3n) is 5.74. The molecular weight excluding hydrogens is 418 g/mol. The van der Waals surface area contributed by atoms with Gasteiger partial charge in [-0.25, -0.2) is 0 Å². The minimum atomic E-state index is 0.748. The topological polar surface area (TPSA) is 12.0 Å². The molecule has 0 amide bonds. The molecular formula is C28H28ClNS. The molecule has 0 atom stereocenters. The number of hydrogen-bond donors (Lipinski definition) is 1. The Hall–Kier alpha value is -2.39. The van der Waals surface area contributed by atoms with Gasteiger partial charge in [-0.2, -0.15) is 0 Å². The molecule has 0 saturated heterocycles. The first-order valence-corrected chi connectivity index (χ1v) is 12.0. The number of likely N-dealkylation sites (N-methyl/N-ethyl adjacent to an activating group) is 1. The Balaban J connectivity index is 1.69. The molecule has 0 aliphatic rings. The highest BCUT2D eigenvalue weighted by Gasteiger charge is 2.17. The van der Waals surface area contributed by atoms with Crippen molar-refractivity contribution in [2.75, 3.05) is 13.1 Å². The Kier molecular flexibility index (Phi) is 6.92. The molecule has 0 aliphatic carbocycles. The molecule has 1 nitrogen and oxygen atoms in total. The van der Waals surface area contributed by atoms with E-state index in [1.807, 2.05) is 23.5 Å². The van der Waals surface area contributed by atoms with Crippen LogP contribution < -0.4 is 5.32 Å². The van der Waals surface area contributed by atoms with Crippen LogP contribution in [0.3, 0.4) is 0 Å². The van der Waals surface area contributed by atoms with E-state index in [9.17, 15) is 0 Å². The summed E-state index contributed by atoms with van der Waals surface area (Å²) >= 11 is 8.14. The fourth-order valence-corrected chi connectivity index (χ4v) is 5.38. The van der Waals surface area contributed by atoms with Crippen molar-refractivity contribution in [1.82, 2.24) is 5.32 Å². The molecule has 158 valence electrons. The fourth-order valence-electron chi connectivity index (χ4n) is 4.00. The first-order chi connectivity index (χ1) is 15.1. The maximum Gasteiger partial charge on any atom is 0.0412 e. The summed E-state index contributed by atoms with van der Waals surface area (Å²) in [5.74, 6) is 0. The van der Waals surface area contributed by atoms with Gasteiger partial charge in [-0.05, 0) is 89.8 Å². The quantitative estimate of drug-likeness (QED) is 0.274. The van der Waals surface area contributed by atoms with Gasteiger partial charge in [0.2, 0.25) is 0 Å². The maximum absolute atomic E-state index is 6.31. The highest BCUT2D eigenvalue weighted by molar-refractivity contribution is 7.20. The number of hydrogen-bond acceptors (Lipinski definition) is 2. The van der Waals surface area contributed by atoms with Gasteiger partial charge in [0, 0.05) is 14.6 Å². The summed E-state index contributed by atoms with van der Waals surface area (Å²) in [6, 6.07) is 23.8. The van der Waals surface area contributed by atoms with Crippen LogP contribution in [-0.2, 0) is 12.8 Å². The van der Waals surface area contributed by atoms with E-state index in [0.29, 0.717) is 0 Å². The van der Waals surface area contributed by atoms with Crippen LogP contribution in [-0.4, -0.2) is 13.1 Å². The molecule has 0 unspecified atom stereocenters. The highest BCUT2D eigenvalue weighted by atomic mass is 35.5. The summed E-state index contributed by atoms with van der Waals surface area (Å²) in [5.41, 5.74) is 7.43. The van der Waals surface area contributed by atoms with Crippen molar-refractivity contribution in [3.8, 4) is 0 Å². The second kappa shape index (κ2) is 9.82. The third kappa shape index (κ3) is 4.93. The van der Waals surface area contributed by atoms with Crippen molar-refractivity contribution in [2.24, 2.45) is 0 Å². The minimum absolute atomic E-state index is 0.748. The van der Waals surface area contributed by atoms with Gasteiger partial charge in [0.25, 0.3) is 0 Å². The minimum Gasteiger partial charge on any atom is -0.317 e. The summed E-state index contributed by atoms with van der Waals surface area (Å²) in [4.78, 5) is 1.25. The summed E-state index contributed by atoms with van der Waals surface area (Å²) in [6.07, 6.45) is 1.96. The van der Waals surface area contributed by atoms with E-state index in [1.54, 1.807) is 0 Å². The van der Waals surface area contributed by atoms with Gasteiger partial charge in [-0.1, -0.05) is 73.6 Å². The molecule has 4 rings (SSSR count). The lowest BCUT2D eigenvalue weighted by Gasteiger charge is -2.12. The van der Waals surface area contributed by atoms with Gasteiger partial charge in [0.05, 0.1) is 0 Å². The molecule has 4 aromatic rings. The van der Waals surface area contributed by atoms with Gasteiger partial charge in [-0.3, -0.25) is 0 Å². The normalized spacial score (nSPS) is 11.2. The van der Waals surface area contributed by atoms with Crippen LogP contribution in [0.4, 0.5) is 0 Å². The number of aryl methyl sites for hydroxylation is 1. The van der Waals surface area contributed by atoms with E-state index in [0.717, 1.165) is 42.1 Å². The lowest BCUT2D eigenvalue weighted by molar-refractivity contribution is 0.716. The number of rotatable bonds is 8. The van der Waals surface area contributed by atoms with Gasteiger partial charge in [-0.15, -0.1) is 11.3 Å². The van der Waals surface area contributed by atoms with Crippen molar-refractivity contribution in [1.29, 1.82) is 0 Å². The largest absolute Gasteiger partial charge is 0.317 e. The molecule has 0 spiro atoms. The third-order valence-corrected chi connectivity index (χ3v) is 7.25. The number of thiophene rings is 1. The Bertz CT molecular complexity index is 1200. The van der Waals surface area contributed by atoms with E-state index in [4.69, 9.17) is 11.6 Å². The Morgan fingerprint density at radius 3 is 2.52 bits per heavy atom. The van der Waals surface area contributed by atoms with Crippen LogP contribution in [0.5, 0.6) is 0 Å². The molecule has 1 N–H and O–H groups in total.